The third-order valence-electron chi connectivity index (χ3n) is 4.63. The predicted molar refractivity (Wildman–Crippen MR) is 103 cm³/mol. The van der Waals surface area contributed by atoms with Crippen molar-refractivity contribution in [1.82, 2.24) is 9.97 Å². The summed E-state index contributed by atoms with van der Waals surface area (Å²) in [6.07, 6.45) is 4.25. The van der Waals surface area contributed by atoms with Crippen LogP contribution >= 0.6 is 11.3 Å². The Balaban J connectivity index is 1.70. The number of carbonyl (C=O) groups is 2. The number of rotatable bonds is 7. The van der Waals surface area contributed by atoms with Crippen LogP contribution in [0.25, 0.3) is 0 Å². The molecule has 0 aliphatic carbocycles. The lowest BCUT2D eigenvalue weighted by molar-refractivity contribution is -0.119. The molecule has 1 saturated heterocycles. The highest BCUT2D eigenvalue weighted by Gasteiger charge is 2.26. The van der Waals surface area contributed by atoms with Gasteiger partial charge in [-0.2, -0.15) is 0 Å². The van der Waals surface area contributed by atoms with Gasteiger partial charge in [-0.3, -0.25) is 9.59 Å². The van der Waals surface area contributed by atoms with Gasteiger partial charge < -0.3 is 16.0 Å². The van der Waals surface area contributed by atoms with Gasteiger partial charge in [-0.25, -0.2) is 14.4 Å². The predicted octanol–water partition coefficient (Wildman–Crippen LogP) is 2.24. The smallest absolute Gasteiger partial charge is 0.252 e. The number of hydrogen-bond acceptors (Lipinski definition) is 7. The largest absolute Gasteiger partial charge is 0.372 e. The molecule has 1 aliphatic heterocycles. The molecule has 2 aromatic heterocycles. The molecule has 1 amide bonds. The monoisotopic (exact) mass is 391 g/mol. The van der Waals surface area contributed by atoms with Crippen LogP contribution in [0.5, 0.6) is 0 Å². The molecule has 0 spiro atoms. The van der Waals surface area contributed by atoms with Crippen molar-refractivity contribution >= 4 is 34.7 Å². The number of nitrogens with zero attached hydrogens (tertiary/aromatic N) is 3. The van der Waals surface area contributed by atoms with E-state index in [1.165, 1.54) is 11.3 Å². The van der Waals surface area contributed by atoms with Crippen molar-refractivity contribution in [3.63, 3.8) is 0 Å². The molecule has 27 heavy (non-hydrogen) atoms. The number of amides is 1. The number of thiazole rings is 1. The number of ketones is 1. The molecule has 9 heteroatoms. The van der Waals surface area contributed by atoms with E-state index in [-0.39, 0.29) is 28.9 Å². The molecule has 3 N–H and O–H groups in total. The van der Waals surface area contributed by atoms with Gasteiger partial charge in [0.05, 0.1) is 17.0 Å². The summed E-state index contributed by atoms with van der Waals surface area (Å²) in [5, 5.41) is 5.46. The van der Waals surface area contributed by atoms with Gasteiger partial charge in [0.25, 0.3) is 5.91 Å². The fourth-order valence-corrected chi connectivity index (χ4v) is 4.05. The number of primary amides is 1. The Morgan fingerprint density at radius 3 is 2.96 bits per heavy atom. The topological polar surface area (TPSA) is 101 Å². The summed E-state index contributed by atoms with van der Waals surface area (Å²) >= 11 is 1.47. The van der Waals surface area contributed by atoms with Crippen LogP contribution in [-0.4, -0.2) is 41.8 Å². The summed E-state index contributed by atoms with van der Waals surface area (Å²) in [5.41, 5.74) is 5.30. The summed E-state index contributed by atoms with van der Waals surface area (Å²) < 4.78 is 14.5. The Bertz CT molecular complexity index is 827. The molecule has 3 heterocycles. The van der Waals surface area contributed by atoms with Gasteiger partial charge >= 0.3 is 0 Å². The number of hydrogen-bond donors (Lipinski definition) is 2. The molecule has 3 rings (SSSR count). The number of Topliss-reactive ketones (excluding diaryl/α,β-unsaturated/α-hetero) is 1. The SMILES string of the molecule is CNc1nc(N2CCC[C@@H](CC(=O)Cc3nccs3)C2)c(F)cc1C(N)=O. The van der Waals surface area contributed by atoms with Gasteiger partial charge in [-0.1, -0.05) is 0 Å². The molecule has 0 radical (unpaired) electrons. The Morgan fingerprint density at radius 1 is 1.48 bits per heavy atom. The normalized spacial score (nSPS) is 17.0. The van der Waals surface area contributed by atoms with E-state index in [1.54, 1.807) is 13.2 Å². The Labute approximate surface area is 160 Å². The van der Waals surface area contributed by atoms with Crippen LogP contribution in [0.3, 0.4) is 0 Å². The summed E-state index contributed by atoms with van der Waals surface area (Å²) in [4.78, 5) is 34.0. The van der Waals surface area contributed by atoms with E-state index >= 15 is 0 Å². The minimum atomic E-state index is -0.735. The van der Waals surface area contributed by atoms with Crippen LogP contribution < -0.4 is 16.0 Å². The second-order valence-corrected chi connectivity index (χ2v) is 7.58. The summed E-state index contributed by atoms with van der Waals surface area (Å²) in [6, 6.07) is 1.12. The number of carbonyl (C=O) groups excluding carboxylic acids is 2. The third kappa shape index (κ3) is 4.60. The van der Waals surface area contributed by atoms with Crippen LogP contribution in [0.2, 0.25) is 0 Å². The van der Waals surface area contributed by atoms with Gasteiger partial charge in [0, 0.05) is 38.1 Å². The van der Waals surface area contributed by atoms with E-state index in [0.717, 1.165) is 23.9 Å². The average Bonchev–Trinajstić information content (AvgIpc) is 3.14. The highest BCUT2D eigenvalue weighted by Crippen LogP contribution is 2.28. The van der Waals surface area contributed by atoms with Crippen molar-refractivity contribution < 1.29 is 14.0 Å². The zero-order valence-corrected chi connectivity index (χ0v) is 15.9. The summed E-state index contributed by atoms with van der Waals surface area (Å²) in [6.45, 7) is 1.20. The summed E-state index contributed by atoms with van der Waals surface area (Å²) in [7, 11) is 1.60. The van der Waals surface area contributed by atoms with Gasteiger partial charge in [0.15, 0.2) is 11.6 Å². The first kappa shape index (κ1) is 19.2. The highest BCUT2D eigenvalue weighted by atomic mass is 32.1. The van der Waals surface area contributed by atoms with E-state index in [9.17, 15) is 14.0 Å². The number of nitrogens with one attached hydrogen (secondary N) is 1. The molecule has 1 atom stereocenters. The minimum Gasteiger partial charge on any atom is -0.372 e. The van der Waals surface area contributed by atoms with Crippen LogP contribution in [0.4, 0.5) is 16.0 Å². The minimum absolute atomic E-state index is 0.0194. The van der Waals surface area contributed by atoms with Crippen LogP contribution in [0.15, 0.2) is 17.6 Å². The van der Waals surface area contributed by atoms with Gasteiger partial charge in [0.2, 0.25) is 0 Å². The number of halogens is 1. The Morgan fingerprint density at radius 2 is 2.30 bits per heavy atom. The molecule has 7 nitrogen and oxygen atoms in total. The average molecular weight is 391 g/mol. The highest BCUT2D eigenvalue weighted by molar-refractivity contribution is 7.09. The maximum Gasteiger partial charge on any atom is 0.252 e. The number of anilines is 2. The molecule has 0 saturated carbocycles. The van der Waals surface area contributed by atoms with E-state index < -0.39 is 11.7 Å². The lowest BCUT2D eigenvalue weighted by Gasteiger charge is -2.33. The molecule has 1 aliphatic rings. The lowest BCUT2D eigenvalue weighted by atomic mass is 9.92. The van der Waals surface area contributed by atoms with E-state index in [0.29, 0.717) is 25.9 Å². The number of aromatic nitrogens is 2. The van der Waals surface area contributed by atoms with Gasteiger partial charge in [-0.15, -0.1) is 11.3 Å². The first-order valence-electron chi connectivity index (χ1n) is 8.81. The zero-order valence-electron chi connectivity index (χ0n) is 15.1. The van der Waals surface area contributed by atoms with E-state index in [2.05, 4.69) is 15.3 Å². The lowest BCUT2D eigenvalue weighted by Crippen LogP contribution is -2.37. The fourth-order valence-electron chi connectivity index (χ4n) is 3.41. The van der Waals surface area contributed by atoms with E-state index in [1.807, 2.05) is 10.3 Å². The molecular weight excluding hydrogens is 369 g/mol. The maximum atomic E-state index is 14.5. The van der Waals surface area contributed by atoms with Gasteiger partial charge in [-0.05, 0) is 24.8 Å². The van der Waals surface area contributed by atoms with E-state index in [4.69, 9.17) is 5.73 Å². The van der Waals surface area contributed by atoms with Crippen molar-refractivity contribution in [3.05, 3.63) is 34.0 Å². The van der Waals surface area contributed by atoms with Crippen molar-refractivity contribution in [2.24, 2.45) is 11.7 Å². The van der Waals surface area contributed by atoms with Crippen LogP contribution in [0.1, 0.15) is 34.6 Å². The van der Waals surface area contributed by atoms with Crippen molar-refractivity contribution in [3.8, 4) is 0 Å². The molecular formula is C18H22FN5O2S. The number of nitrogens with two attached hydrogens (primary N) is 1. The van der Waals surface area contributed by atoms with Crippen LogP contribution in [0, 0.1) is 11.7 Å². The molecule has 0 aromatic carbocycles. The molecule has 0 bridgehead atoms. The molecule has 144 valence electrons. The second kappa shape index (κ2) is 8.43. The first-order chi connectivity index (χ1) is 13.0. The third-order valence-corrected chi connectivity index (χ3v) is 5.41. The van der Waals surface area contributed by atoms with Crippen LogP contribution in [-0.2, 0) is 11.2 Å². The van der Waals surface area contributed by atoms with Crippen molar-refractivity contribution in [1.29, 1.82) is 0 Å². The zero-order chi connectivity index (χ0) is 19.4. The molecule has 1 fully saturated rings. The first-order valence-corrected chi connectivity index (χ1v) is 9.69. The quantitative estimate of drug-likeness (QED) is 0.751. The number of piperidine rings is 1. The Kier molecular flexibility index (Phi) is 6.00. The van der Waals surface area contributed by atoms with Gasteiger partial charge in [0.1, 0.15) is 11.6 Å². The summed E-state index contributed by atoms with van der Waals surface area (Å²) in [5.74, 6) is -0.604. The number of pyridine rings is 1. The maximum absolute atomic E-state index is 14.5. The van der Waals surface area contributed by atoms with Crippen molar-refractivity contribution in [2.45, 2.75) is 25.7 Å². The van der Waals surface area contributed by atoms with Crippen molar-refractivity contribution in [2.75, 3.05) is 30.4 Å². The fraction of sp³-hybridized carbons (Fsp3) is 0.444. The standard InChI is InChI=1S/C18H22FN5O2S/c1-21-17-13(16(20)26)9-14(19)18(23-17)24-5-2-3-11(10-24)7-12(25)8-15-22-4-6-27-15/h4,6,9,11H,2-3,5,7-8,10H2,1H3,(H2,20,26)(H,21,23)/t11-/m0/s1. The Hall–Kier alpha value is -2.55. The molecule has 2 aromatic rings. The second-order valence-electron chi connectivity index (χ2n) is 6.60. The molecule has 0 unspecified atom stereocenters.